The summed E-state index contributed by atoms with van der Waals surface area (Å²) in [6, 6.07) is 15.9. The van der Waals surface area contributed by atoms with E-state index in [2.05, 4.69) is 29.6 Å². The lowest BCUT2D eigenvalue weighted by molar-refractivity contribution is -0.158. The number of ether oxygens (including phenoxy) is 2. The standard InChI is InChI=1S/C27H30N2O6/c1-29(27(25(31)32)12-13-34-16-27)24(30)14-23(17-10-11-17)28-26(33)35-15-22-20-8-4-2-6-18(20)19-7-3-5-9-21(19)22/h2-9,17,22-23H,10-16H2,1H3,(H,28,33)(H,31,32). The van der Waals surface area contributed by atoms with Crippen LogP contribution in [0.5, 0.6) is 0 Å². The minimum atomic E-state index is -1.35. The van der Waals surface area contributed by atoms with Crippen molar-refractivity contribution in [3.05, 3.63) is 59.7 Å². The molecule has 2 fully saturated rings. The molecule has 1 aliphatic heterocycles. The van der Waals surface area contributed by atoms with E-state index in [9.17, 15) is 19.5 Å². The maximum absolute atomic E-state index is 13.0. The highest BCUT2D eigenvalue weighted by molar-refractivity contribution is 5.88. The van der Waals surface area contributed by atoms with Crippen LogP contribution in [0.15, 0.2) is 48.5 Å². The molecule has 0 aromatic heterocycles. The van der Waals surface area contributed by atoms with Crippen LogP contribution in [0.1, 0.15) is 42.7 Å². The quantitative estimate of drug-likeness (QED) is 0.603. The molecule has 2 aliphatic carbocycles. The predicted molar refractivity (Wildman–Crippen MR) is 128 cm³/mol. The van der Waals surface area contributed by atoms with E-state index in [0.29, 0.717) is 6.61 Å². The smallest absolute Gasteiger partial charge is 0.407 e. The fourth-order valence-corrected chi connectivity index (χ4v) is 5.32. The maximum atomic E-state index is 13.0. The third kappa shape index (κ3) is 4.38. The topological polar surface area (TPSA) is 105 Å². The summed E-state index contributed by atoms with van der Waals surface area (Å²) in [5.41, 5.74) is 3.23. The molecule has 184 valence electrons. The van der Waals surface area contributed by atoms with Crippen molar-refractivity contribution in [2.75, 3.05) is 26.9 Å². The Morgan fingerprint density at radius 2 is 1.74 bits per heavy atom. The molecule has 0 bridgehead atoms. The van der Waals surface area contributed by atoms with Crippen LogP contribution >= 0.6 is 0 Å². The van der Waals surface area contributed by atoms with E-state index in [1.165, 1.54) is 11.9 Å². The van der Waals surface area contributed by atoms with Gasteiger partial charge in [0.25, 0.3) is 0 Å². The molecule has 8 heteroatoms. The molecule has 2 atom stereocenters. The molecule has 35 heavy (non-hydrogen) atoms. The van der Waals surface area contributed by atoms with Crippen LogP contribution < -0.4 is 5.32 Å². The van der Waals surface area contributed by atoms with E-state index >= 15 is 0 Å². The van der Waals surface area contributed by atoms with Gasteiger partial charge in [0, 0.05) is 38.5 Å². The van der Waals surface area contributed by atoms with Gasteiger partial charge in [-0.2, -0.15) is 0 Å². The van der Waals surface area contributed by atoms with E-state index in [-0.39, 0.29) is 43.8 Å². The van der Waals surface area contributed by atoms with Gasteiger partial charge < -0.3 is 24.8 Å². The fraction of sp³-hybridized carbons (Fsp3) is 0.444. The molecule has 1 saturated carbocycles. The number of likely N-dealkylation sites (N-methyl/N-ethyl adjacent to an activating group) is 1. The van der Waals surface area contributed by atoms with E-state index in [1.807, 2.05) is 24.3 Å². The summed E-state index contributed by atoms with van der Waals surface area (Å²) in [7, 11) is 1.50. The molecule has 5 rings (SSSR count). The van der Waals surface area contributed by atoms with Crippen LogP contribution in [-0.4, -0.2) is 66.4 Å². The van der Waals surface area contributed by atoms with Gasteiger partial charge in [0.1, 0.15) is 6.61 Å². The number of carbonyl (C=O) groups is 3. The summed E-state index contributed by atoms with van der Waals surface area (Å²) in [6.07, 6.45) is 1.55. The SMILES string of the molecule is CN(C(=O)CC(NC(=O)OCC1c2ccccc2-c2ccccc21)C1CC1)C1(C(=O)O)CCOC1. The average molecular weight is 479 g/mol. The fourth-order valence-electron chi connectivity index (χ4n) is 5.32. The normalized spacial score (nSPS) is 21.6. The van der Waals surface area contributed by atoms with Crippen molar-refractivity contribution in [2.24, 2.45) is 5.92 Å². The van der Waals surface area contributed by atoms with Crippen molar-refractivity contribution in [1.29, 1.82) is 0 Å². The first-order valence-corrected chi connectivity index (χ1v) is 12.1. The molecule has 3 aliphatic rings. The Hall–Kier alpha value is -3.39. The number of carbonyl (C=O) groups excluding carboxylic acids is 2. The van der Waals surface area contributed by atoms with Crippen LogP contribution in [0.2, 0.25) is 0 Å². The van der Waals surface area contributed by atoms with Gasteiger partial charge in [-0.3, -0.25) is 4.79 Å². The minimum absolute atomic E-state index is 0.0282. The number of nitrogens with one attached hydrogen (secondary N) is 1. The van der Waals surface area contributed by atoms with Gasteiger partial charge in [0.05, 0.1) is 6.61 Å². The second kappa shape index (κ2) is 9.34. The largest absolute Gasteiger partial charge is 0.479 e. The number of aliphatic carboxylic acids is 1. The molecular weight excluding hydrogens is 448 g/mol. The van der Waals surface area contributed by atoms with Crippen LogP contribution in [0.4, 0.5) is 4.79 Å². The van der Waals surface area contributed by atoms with Crippen molar-refractivity contribution in [2.45, 2.75) is 43.2 Å². The van der Waals surface area contributed by atoms with Crippen molar-refractivity contribution in [1.82, 2.24) is 10.2 Å². The number of benzene rings is 2. The maximum Gasteiger partial charge on any atom is 0.407 e. The number of nitrogens with zero attached hydrogens (tertiary/aromatic N) is 1. The second-order valence-corrected chi connectivity index (χ2v) is 9.71. The lowest BCUT2D eigenvalue weighted by atomic mass is 9.95. The zero-order valence-corrected chi connectivity index (χ0v) is 19.7. The molecule has 8 nitrogen and oxygen atoms in total. The van der Waals surface area contributed by atoms with Gasteiger partial charge in [-0.05, 0) is 41.0 Å². The molecule has 2 amide bonds. The highest BCUT2D eigenvalue weighted by Gasteiger charge is 2.49. The molecule has 2 aromatic rings. The van der Waals surface area contributed by atoms with Crippen LogP contribution in [0, 0.1) is 5.92 Å². The van der Waals surface area contributed by atoms with Gasteiger partial charge in [-0.1, -0.05) is 48.5 Å². The Kier molecular flexibility index (Phi) is 6.23. The third-order valence-corrected chi connectivity index (χ3v) is 7.65. The zero-order valence-electron chi connectivity index (χ0n) is 19.7. The number of carboxylic acid groups (broad SMARTS) is 1. The third-order valence-electron chi connectivity index (χ3n) is 7.65. The minimum Gasteiger partial charge on any atom is -0.479 e. The van der Waals surface area contributed by atoms with Crippen LogP contribution in [0.3, 0.4) is 0 Å². The van der Waals surface area contributed by atoms with Crippen molar-refractivity contribution < 1.29 is 29.0 Å². The van der Waals surface area contributed by atoms with Crippen LogP contribution in [-0.2, 0) is 19.1 Å². The number of fused-ring (bicyclic) bond motifs is 3. The van der Waals surface area contributed by atoms with Gasteiger partial charge in [-0.15, -0.1) is 0 Å². The van der Waals surface area contributed by atoms with E-state index in [4.69, 9.17) is 9.47 Å². The van der Waals surface area contributed by atoms with Crippen molar-refractivity contribution in [3.63, 3.8) is 0 Å². The number of rotatable bonds is 8. The first-order valence-electron chi connectivity index (χ1n) is 12.1. The average Bonchev–Trinajstić information content (AvgIpc) is 3.49. The second-order valence-electron chi connectivity index (χ2n) is 9.71. The summed E-state index contributed by atoms with van der Waals surface area (Å²) in [6.45, 7) is 0.469. The highest BCUT2D eigenvalue weighted by atomic mass is 16.5. The molecule has 1 saturated heterocycles. The molecule has 1 heterocycles. The van der Waals surface area contributed by atoms with E-state index in [0.717, 1.165) is 35.1 Å². The summed E-state index contributed by atoms with van der Waals surface area (Å²) in [4.78, 5) is 39.0. The first-order chi connectivity index (χ1) is 16.9. The molecule has 2 unspecified atom stereocenters. The summed E-state index contributed by atoms with van der Waals surface area (Å²) >= 11 is 0. The van der Waals surface area contributed by atoms with E-state index < -0.39 is 23.6 Å². The van der Waals surface area contributed by atoms with Gasteiger partial charge in [-0.25, -0.2) is 9.59 Å². The summed E-state index contributed by atoms with van der Waals surface area (Å²) in [5.74, 6) is -1.25. The number of amides is 2. The van der Waals surface area contributed by atoms with Crippen LogP contribution in [0.25, 0.3) is 11.1 Å². The van der Waals surface area contributed by atoms with Gasteiger partial charge >= 0.3 is 12.1 Å². The number of alkyl carbamates (subject to hydrolysis) is 1. The molecule has 2 aromatic carbocycles. The number of hydrogen-bond acceptors (Lipinski definition) is 5. The number of hydrogen-bond donors (Lipinski definition) is 2. The Bertz CT molecular complexity index is 1090. The predicted octanol–water partition coefficient (Wildman–Crippen LogP) is 3.40. The first kappa shape index (κ1) is 23.4. The zero-order chi connectivity index (χ0) is 24.6. The van der Waals surface area contributed by atoms with Gasteiger partial charge in [0.15, 0.2) is 5.54 Å². The van der Waals surface area contributed by atoms with Gasteiger partial charge in [0.2, 0.25) is 5.91 Å². The molecular formula is C27H30N2O6. The Morgan fingerprint density at radius 3 is 2.29 bits per heavy atom. The lowest BCUT2D eigenvalue weighted by Crippen LogP contribution is -2.57. The molecule has 2 N–H and O–H groups in total. The van der Waals surface area contributed by atoms with Crippen molar-refractivity contribution >= 4 is 18.0 Å². The lowest BCUT2D eigenvalue weighted by Gasteiger charge is -2.34. The Morgan fingerprint density at radius 1 is 1.11 bits per heavy atom. The highest BCUT2D eigenvalue weighted by Crippen LogP contribution is 2.44. The molecule has 0 spiro atoms. The number of carboxylic acids is 1. The monoisotopic (exact) mass is 478 g/mol. The summed E-state index contributed by atoms with van der Waals surface area (Å²) in [5, 5.41) is 12.6. The summed E-state index contributed by atoms with van der Waals surface area (Å²) < 4.78 is 10.9. The Labute approximate surface area is 204 Å². The molecule has 0 radical (unpaired) electrons. The Balaban J connectivity index is 1.22. The van der Waals surface area contributed by atoms with Crippen molar-refractivity contribution in [3.8, 4) is 11.1 Å². The van der Waals surface area contributed by atoms with E-state index in [1.54, 1.807) is 0 Å².